The molecule has 7 nitrogen and oxygen atoms in total. The molecule has 4 rings (SSSR count). The van der Waals surface area contributed by atoms with Crippen molar-refractivity contribution in [1.82, 2.24) is 10.1 Å². The van der Waals surface area contributed by atoms with Crippen molar-refractivity contribution < 1.29 is 14.1 Å². The van der Waals surface area contributed by atoms with Crippen molar-refractivity contribution >= 4 is 23.2 Å². The molecule has 1 fully saturated rings. The van der Waals surface area contributed by atoms with Crippen LogP contribution in [0, 0.1) is 12.8 Å². The molecule has 2 heterocycles. The number of nitrogens with one attached hydrogen (secondary N) is 1. The summed E-state index contributed by atoms with van der Waals surface area (Å²) in [7, 11) is 0. The van der Waals surface area contributed by atoms with Gasteiger partial charge in [0.05, 0.1) is 5.92 Å². The van der Waals surface area contributed by atoms with Crippen LogP contribution in [0.3, 0.4) is 0 Å². The molecule has 1 atom stereocenters. The van der Waals surface area contributed by atoms with Gasteiger partial charge in [-0.2, -0.15) is 4.98 Å². The molecule has 1 aliphatic rings. The quantitative estimate of drug-likeness (QED) is 0.719. The molecule has 148 valence electrons. The van der Waals surface area contributed by atoms with E-state index in [-0.39, 0.29) is 18.2 Å². The second kappa shape index (κ2) is 7.87. The number of hydrogen-bond acceptors (Lipinski definition) is 5. The summed E-state index contributed by atoms with van der Waals surface area (Å²) in [5.74, 6) is 0.333. The van der Waals surface area contributed by atoms with Crippen LogP contribution in [0.15, 0.2) is 53.1 Å². The molecule has 1 N–H and O–H groups in total. The minimum absolute atomic E-state index is 0.0760. The van der Waals surface area contributed by atoms with Gasteiger partial charge in [0.2, 0.25) is 23.5 Å². The third kappa shape index (κ3) is 4.03. The van der Waals surface area contributed by atoms with E-state index in [2.05, 4.69) is 22.4 Å². The molecule has 2 amide bonds. The van der Waals surface area contributed by atoms with Gasteiger partial charge in [-0.3, -0.25) is 9.59 Å². The first-order chi connectivity index (χ1) is 14.0. The van der Waals surface area contributed by atoms with Crippen LogP contribution in [-0.2, 0) is 16.0 Å². The molecule has 0 aliphatic carbocycles. The van der Waals surface area contributed by atoms with Crippen LogP contribution >= 0.6 is 0 Å². The fourth-order valence-corrected chi connectivity index (χ4v) is 3.43. The Hall–Kier alpha value is -3.48. The lowest BCUT2D eigenvalue weighted by molar-refractivity contribution is -0.122. The normalized spacial score (nSPS) is 16.3. The SMILES string of the molecule is CCc1ccc(NC(=O)C2CC(=O)N(c3cccc(-c4noc(C)n4)c3)C2)cc1. The smallest absolute Gasteiger partial charge is 0.229 e. The molecule has 1 aliphatic heterocycles. The predicted molar refractivity (Wildman–Crippen MR) is 109 cm³/mol. The summed E-state index contributed by atoms with van der Waals surface area (Å²) < 4.78 is 5.03. The molecule has 1 aromatic heterocycles. The van der Waals surface area contributed by atoms with E-state index in [4.69, 9.17) is 4.52 Å². The molecule has 0 saturated carbocycles. The van der Waals surface area contributed by atoms with Crippen LogP contribution in [0.1, 0.15) is 24.8 Å². The van der Waals surface area contributed by atoms with Crippen molar-refractivity contribution in [3.05, 3.63) is 60.0 Å². The number of rotatable bonds is 5. The Labute approximate surface area is 168 Å². The average molecular weight is 390 g/mol. The Balaban J connectivity index is 1.47. The van der Waals surface area contributed by atoms with Gasteiger partial charge in [-0.05, 0) is 36.2 Å². The third-order valence-electron chi connectivity index (χ3n) is 5.07. The van der Waals surface area contributed by atoms with E-state index < -0.39 is 5.92 Å². The van der Waals surface area contributed by atoms with E-state index >= 15 is 0 Å². The monoisotopic (exact) mass is 390 g/mol. The summed E-state index contributed by atoms with van der Waals surface area (Å²) in [5, 5.41) is 6.84. The van der Waals surface area contributed by atoms with E-state index in [9.17, 15) is 9.59 Å². The average Bonchev–Trinajstić information content (AvgIpc) is 3.34. The van der Waals surface area contributed by atoms with E-state index in [1.165, 1.54) is 5.56 Å². The van der Waals surface area contributed by atoms with Crippen LogP contribution in [0.5, 0.6) is 0 Å². The molecule has 1 saturated heterocycles. The zero-order valence-corrected chi connectivity index (χ0v) is 16.4. The Morgan fingerprint density at radius 2 is 2.03 bits per heavy atom. The summed E-state index contributed by atoms with van der Waals surface area (Å²) in [4.78, 5) is 31.1. The highest BCUT2D eigenvalue weighted by Gasteiger charge is 2.35. The minimum Gasteiger partial charge on any atom is -0.339 e. The topological polar surface area (TPSA) is 88.3 Å². The molecule has 0 bridgehead atoms. The van der Waals surface area contributed by atoms with Crippen molar-refractivity contribution in [3.8, 4) is 11.4 Å². The Kier molecular flexibility index (Phi) is 5.12. The van der Waals surface area contributed by atoms with Crippen molar-refractivity contribution in [2.45, 2.75) is 26.7 Å². The Bertz CT molecular complexity index is 1040. The lowest BCUT2D eigenvalue weighted by atomic mass is 10.1. The second-order valence-corrected chi connectivity index (χ2v) is 7.13. The lowest BCUT2D eigenvalue weighted by Gasteiger charge is -2.17. The van der Waals surface area contributed by atoms with E-state index in [0.717, 1.165) is 23.4 Å². The molecular formula is C22H22N4O3. The molecule has 3 aromatic rings. The number of carbonyl (C=O) groups is 2. The van der Waals surface area contributed by atoms with Gasteiger partial charge in [0.25, 0.3) is 0 Å². The lowest BCUT2D eigenvalue weighted by Crippen LogP contribution is -2.28. The Morgan fingerprint density at radius 1 is 1.24 bits per heavy atom. The molecule has 29 heavy (non-hydrogen) atoms. The van der Waals surface area contributed by atoms with Gasteiger partial charge in [0.15, 0.2) is 0 Å². The maximum Gasteiger partial charge on any atom is 0.229 e. The van der Waals surface area contributed by atoms with Crippen LogP contribution in [0.25, 0.3) is 11.4 Å². The number of aromatic nitrogens is 2. The van der Waals surface area contributed by atoms with E-state index in [1.54, 1.807) is 11.8 Å². The third-order valence-corrected chi connectivity index (χ3v) is 5.07. The number of anilines is 2. The first-order valence-electron chi connectivity index (χ1n) is 9.64. The maximum absolute atomic E-state index is 12.7. The van der Waals surface area contributed by atoms with Gasteiger partial charge in [-0.25, -0.2) is 0 Å². The van der Waals surface area contributed by atoms with Gasteiger partial charge < -0.3 is 14.7 Å². The van der Waals surface area contributed by atoms with Crippen molar-refractivity contribution in [1.29, 1.82) is 0 Å². The zero-order chi connectivity index (χ0) is 20.4. The van der Waals surface area contributed by atoms with Crippen molar-refractivity contribution in [3.63, 3.8) is 0 Å². The van der Waals surface area contributed by atoms with E-state index in [0.29, 0.717) is 18.3 Å². The largest absolute Gasteiger partial charge is 0.339 e. The van der Waals surface area contributed by atoms with Gasteiger partial charge in [-0.15, -0.1) is 0 Å². The number of nitrogens with zero attached hydrogens (tertiary/aromatic N) is 3. The highest BCUT2D eigenvalue weighted by Crippen LogP contribution is 2.29. The van der Waals surface area contributed by atoms with E-state index in [1.807, 2.05) is 48.5 Å². The maximum atomic E-state index is 12.7. The van der Waals surface area contributed by atoms with Crippen LogP contribution in [0.2, 0.25) is 0 Å². The number of aryl methyl sites for hydroxylation is 2. The van der Waals surface area contributed by atoms with Crippen molar-refractivity contribution in [2.24, 2.45) is 5.92 Å². The first kappa shape index (κ1) is 18.9. The predicted octanol–water partition coefficient (Wildman–Crippen LogP) is 3.60. The standard InChI is InChI=1S/C22H22N4O3/c1-3-15-7-9-18(10-8-15)24-22(28)17-12-20(27)26(13-17)19-6-4-5-16(11-19)21-23-14(2)29-25-21/h4-11,17H,3,12-13H2,1-2H3,(H,24,28). The molecule has 7 heteroatoms. The summed E-state index contributed by atoms with van der Waals surface area (Å²) >= 11 is 0. The number of hydrogen-bond donors (Lipinski definition) is 1. The number of carbonyl (C=O) groups excluding carboxylic acids is 2. The van der Waals surface area contributed by atoms with Crippen molar-refractivity contribution in [2.75, 3.05) is 16.8 Å². The highest BCUT2D eigenvalue weighted by molar-refractivity contribution is 6.03. The van der Waals surface area contributed by atoms with Crippen LogP contribution in [-0.4, -0.2) is 28.5 Å². The number of amides is 2. The summed E-state index contributed by atoms with van der Waals surface area (Å²) in [6.07, 6.45) is 1.13. The van der Waals surface area contributed by atoms with Gasteiger partial charge in [-0.1, -0.05) is 36.3 Å². The van der Waals surface area contributed by atoms with Crippen LogP contribution < -0.4 is 10.2 Å². The summed E-state index contributed by atoms with van der Waals surface area (Å²) in [5.41, 5.74) is 3.43. The molecular weight excluding hydrogens is 368 g/mol. The minimum atomic E-state index is -0.399. The molecule has 0 spiro atoms. The molecule has 0 radical (unpaired) electrons. The van der Waals surface area contributed by atoms with Gasteiger partial charge in [0.1, 0.15) is 0 Å². The van der Waals surface area contributed by atoms with Crippen LogP contribution in [0.4, 0.5) is 11.4 Å². The summed E-state index contributed by atoms with van der Waals surface area (Å²) in [6.45, 7) is 4.15. The highest BCUT2D eigenvalue weighted by atomic mass is 16.5. The zero-order valence-electron chi connectivity index (χ0n) is 16.4. The Morgan fingerprint density at radius 3 is 2.72 bits per heavy atom. The first-order valence-corrected chi connectivity index (χ1v) is 9.64. The molecule has 2 aromatic carbocycles. The van der Waals surface area contributed by atoms with Gasteiger partial charge in [0, 0.05) is 36.8 Å². The molecule has 1 unspecified atom stereocenters. The fraction of sp³-hybridized carbons (Fsp3) is 0.273. The van der Waals surface area contributed by atoms with Gasteiger partial charge >= 0.3 is 0 Å². The second-order valence-electron chi connectivity index (χ2n) is 7.13. The summed E-state index contributed by atoms with van der Waals surface area (Å²) in [6, 6.07) is 15.2. The fourth-order valence-electron chi connectivity index (χ4n) is 3.43. The number of benzene rings is 2.